The summed E-state index contributed by atoms with van der Waals surface area (Å²) in [5.74, 6) is 1.47. The second-order valence-electron chi connectivity index (χ2n) is 6.91. The summed E-state index contributed by atoms with van der Waals surface area (Å²) in [4.78, 5) is 29.1. The number of pyridine rings is 1. The van der Waals surface area contributed by atoms with E-state index >= 15 is 0 Å². The maximum absolute atomic E-state index is 12.6. The van der Waals surface area contributed by atoms with Crippen LogP contribution in [0.15, 0.2) is 53.5 Å². The molecule has 1 N–H and O–H groups in total. The molecule has 0 bridgehead atoms. The largest absolute Gasteiger partial charge is 0.438 e. The maximum atomic E-state index is 12.6. The van der Waals surface area contributed by atoms with Gasteiger partial charge in [-0.15, -0.1) is 0 Å². The van der Waals surface area contributed by atoms with Crippen molar-refractivity contribution in [3.05, 3.63) is 70.5 Å². The highest BCUT2D eigenvalue weighted by molar-refractivity contribution is 5.96. The van der Waals surface area contributed by atoms with Crippen LogP contribution in [-0.4, -0.2) is 31.8 Å². The summed E-state index contributed by atoms with van der Waals surface area (Å²) in [6.07, 6.45) is 5.14. The lowest BCUT2D eigenvalue weighted by molar-refractivity contribution is 0.0949. The Morgan fingerprint density at radius 1 is 1.14 bits per heavy atom. The smallest absolute Gasteiger partial charge is 0.345 e. The summed E-state index contributed by atoms with van der Waals surface area (Å²) in [6.45, 7) is 1.64. The van der Waals surface area contributed by atoms with E-state index in [1.165, 1.54) is 4.68 Å². The lowest BCUT2D eigenvalue weighted by Crippen LogP contribution is -2.29. The van der Waals surface area contributed by atoms with Gasteiger partial charge in [0, 0.05) is 32.3 Å². The highest BCUT2D eigenvalue weighted by Gasteiger charge is 2.17. The molecule has 29 heavy (non-hydrogen) atoms. The van der Waals surface area contributed by atoms with Crippen molar-refractivity contribution in [2.45, 2.75) is 38.8 Å². The van der Waals surface area contributed by atoms with Crippen molar-refractivity contribution < 1.29 is 9.53 Å². The van der Waals surface area contributed by atoms with E-state index in [0.717, 1.165) is 31.6 Å². The van der Waals surface area contributed by atoms with Gasteiger partial charge in [-0.05, 0) is 43.5 Å². The number of carbonyl (C=O) groups excluding carboxylic acids is 1. The highest BCUT2D eigenvalue weighted by Crippen LogP contribution is 2.22. The van der Waals surface area contributed by atoms with Crippen molar-refractivity contribution in [1.29, 1.82) is 0 Å². The minimum absolute atomic E-state index is 0.0585. The van der Waals surface area contributed by atoms with E-state index < -0.39 is 0 Å². The first-order valence-electron chi connectivity index (χ1n) is 9.85. The van der Waals surface area contributed by atoms with Crippen molar-refractivity contribution in [2.75, 3.05) is 6.54 Å². The Labute approximate surface area is 168 Å². The number of benzene rings is 1. The molecule has 8 nitrogen and oxygen atoms in total. The van der Waals surface area contributed by atoms with Crippen molar-refractivity contribution in [2.24, 2.45) is 0 Å². The van der Waals surface area contributed by atoms with Gasteiger partial charge in [0.15, 0.2) is 0 Å². The molecule has 1 aromatic carbocycles. The predicted octanol–water partition coefficient (Wildman–Crippen LogP) is 2.39. The molecule has 0 radical (unpaired) electrons. The minimum Gasteiger partial charge on any atom is -0.438 e. The van der Waals surface area contributed by atoms with Crippen LogP contribution in [0, 0.1) is 0 Å². The Bertz CT molecular complexity index is 1040. The highest BCUT2D eigenvalue weighted by atomic mass is 16.5. The van der Waals surface area contributed by atoms with Crippen molar-refractivity contribution in [3.63, 3.8) is 0 Å². The first-order valence-corrected chi connectivity index (χ1v) is 9.85. The number of nitrogens with zero attached hydrogens (tertiary/aromatic N) is 4. The van der Waals surface area contributed by atoms with Crippen LogP contribution in [0.3, 0.4) is 0 Å². The molecule has 150 valence electrons. The number of fused-ring (bicyclic) bond motifs is 1. The van der Waals surface area contributed by atoms with Crippen molar-refractivity contribution >= 4 is 5.91 Å². The van der Waals surface area contributed by atoms with Crippen LogP contribution < -0.4 is 15.7 Å². The fourth-order valence-electron chi connectivity index (χ4n) is 3.37. The normalized spacial score (nSPS) is 13.0. The topological polar surface area (TPSA) is 91.0 Å². The quantitative estimate of drug-likeness (QED) is 0.623. The Balaban J connectivity index is 1.34. The average Bonchev–Trinajstić information content (AvgIpc) is 3.08. The lowest BCUT2D eigenvalue weighted by atomic mass is 10.2. The fourth-order valence-corrected chi connectivity index (χ4v) is 3.37. The van der Waals surface area contributed by atoms with Gasteiger partial charge >= 0.3 is 5.69 Å². The molecule has 3 heterocycles. The number of aryl methyl sites for hydroxylation is 2. The Kier molecular flexibility index (Phi) is 5.69. The number of hydrogen-bond donors (Lipinski definition) is 1. The van der Waals surface area contributed by atoms with E-state index in [0.29, 0.717) is 30.8 Å². The Morgan fingerprint density at radius 3 is 2.83 bits per heavy atom. The fraction of sp³-hybridized carbons (Fsp3) is 0.333. The predicted molar refractivity (Wildman–Crippen MR) is 107 cm³/mol. The Morgan fingerprint density at radius 2 is 2.00 bits per heavy atom. The second kappa shape index (κ2) is 8.72. The molecule has 0 fully saturated rings. The summed E-state index contributed by atoms with van der Waals surface area (Å²) in [5.41, 5.74) is 0.308. The number of amides is 1. The summed E-state index contributed by atoms with van der Waals surface area (Å²) in [5, 5.41) is 7.28. The van der Waals surface area contributed by atoms with Gasteiger partial charge in [-0.1, -0.05) is 18.2 Å². The molecular formula is C21H23N5O3. The van der Waals surface area contributed by atoms with Gasteiger partial charge in [-0.2, -0.15) is 5.10 Å². The van der Waals surface area contributed by atoms with Crippen LogP contribution in [0.2, 0.25) is 0 Å². The first-order chi connectivity index (χ1) is 14.2. The number of carbonyl (C=O) groups is 1. The molecule has 0 atom stereocenters. The molecule has 0 unspecified atom stereocenters. The summed E-state index contributed by atoms with van der Waals surface area (Å²) < 4.78 is 8.99. The lowest BCUT2D eigenvalue weighted by Gasteiger charge is -2.10. The molecule has 1 aliphatic rings. The molecular weight excluding hydrogens is 370 g/mol. The third-order valence-corrected chi connectivity index (χ3v) is 4.84. The molecule has 4 rings (SSSR count). The Hall–Kier alpha value is -3.42. The summed E-state index contributed by atoms with van der Waals surface area (Å²) in [7, 11) is 0. The van der Waals surface area contributed by atoms with Crippen molar-refractivity contribution in [3.8, 4) is 11.6 Å². The van der Waals surface area contributed by atoms with Crippen LogP contribution in [0.25, 0.3) is 0 Å². The molecule has 3 aromatic rings. The van der Waals surface area contributed by atoms with E-state index in [4.69, 9.17) is 4.74 Å². The zero-order valence-electron chi connectivity index (χ0n) is 16.1. The number of aromatic nitrogens is 4. The average molecular weight is 393 g/mol. The van der Waals surface area contributed by atoms with Crippen LogP contribution in [-0.2, 0) is 19.5 Å². The molecule has 1 aliphatic heterocycles. The molecule has 8 heteroatoms. The van der Waals surface area contributed by atoms with Crippen LogP contribution in [0.1, 0.15) is 35.4 Å². The van der Waals surface area contributed by atoms with Gasteiger partial charge in [0.2, 0.25) is 5.88 Å². The van der Waals surface area contributed by atoms with Crippen LogP contribution in [0.5, 0.6) is 11.6 Å². The third-order valence-electron chi connectivity index (χ3n) is 4.84. The number of ether oxygens (including phenoxy) is 1. The molecule has 0 saturated heterocycles. The van der Waals surface area contributed by atoms with Crippen molar-refractivity contribution in [1.82, 2.24) is 24.6 Å². The van der Waals surface area contributed by atoms with Gasteiger partial charge in [-0.3, -0.25) is 9.36 Å². The van der Waals surface area contributed by atoms with E-state index in [9.17, 15) is 9.59 Å². The maximum Gasteiger partial charge on any atom is 0.345 e. The number of nitrogens with one attached hydrogen (secondary N) is 1. The number of hydrogen-bond acceptors (Lipinski definition) is 5. The second-order valence-corrected chi connectivity index (χ2v) is 6.91. The van der Waals surface area contributed by atoms with E-state index in [2.05, 4.69) is 15.4 Å². The van der Waals surface area contributed by atoms with Crippen LogP contribution >= 0.6 is 0 Å². The molecule has 2 aromatic heterocycles. The molecule has 0 spiro atoms. The van der Waals surface area contributed by atoms with E-state index in [1.54, 1.807) is 35.0 Å². The zero-order chi connectivity index (χ0) is 20.1. The van der Waals surface area contributed by atoms with E-state index in [-0.39, 0.29) is 17.5 Å². The molecule has 0 saturated carbocycles. The van der Waals surface area contributed by atoms with Gasteiger partial charge in [0.1, 0.15) is 17.1 Å². The van der Waals surface area contributed by atoms with Crippen LogP contribution in [0.4, 0.5) is 0 Å². The zero-order valence-corrected chi connectivity index (χ0v) is 16.1. The third kappa shape index (κ3) is 4.37. The number of rotatable bonds is 7. The van der Waals surface area contributed by atoms with E-state index in [1.807, 2.05) is 18.2 Å². The molecule has 1 amide bonds. The van der Waals surface area contributed by atoms with Gasteiger partial charge < -0.3 is 10.1 Å². The monoisotopic (exact) mass is 393 g/mol. The summed E-state index contributed by atoms with van der Waals surface area (Å²) >= 11 is 0. The molecule has 0 aliphatic carbocycles. The SMILES string of the molecule is O=C(NCCCn1nc2n(c1=O)CCCC2)c1cccnc1Oc1ccccc1. The number of para-hydroxylation sites is 1. The summed E-state index contributed by atoms with van der Waals surface area (Å²) in [6, 6.07) is 12.6. The van der Waals surface area contributed by atoms with Gasteiger partial charge in [-0.25, -0.2) is 14.5 Å². The first kappa shape index (κ1) is 18.9. The minimum atomic E-state index is -0.263. The standard InChI is InChI=1S/C21H23N5O3/c27-19(17-10-6-12-23-20(17)29-16-8-2-1-3-9-16)22-13-7-15-26-21(28)25-14-5-4-11-18(25)24-26/h1-3,6,8-10,12H,4-5,7,11,13-15H2,(H,22,27). The van der Waals surface area contributed by atoms with Gasteiger partial charge in [0.25, 0.3) is 5.91 Å². The van der Waals surface area contributed by atoms with Gasteiger partial charge in [0.05, 0.1) is 0 Å².